The van der Waals surface area contributed by atoms with Gasteiger partial charge < -0.3 is 14.8 Å². The third-order valence-electron chi connectivity index (χ3n) is 3.35. The van der Waals surface area contributed by atoms with Crippen molar-refractivity contribution >= 4 is 23.2 Å². The van der Waals surface area contributed by atoms with Crippen LogP contribution in [0.3, 0.4) is 0 Å². The molecule has 1 aromatic rings. The van der Waals surface area contributed by atoms with E-state index in [-0.39, 0.29) is 18.4 Å². The summed E-state index contributed by atoms with van der Waals surface area (Å²) in [7, 11) is 1.61. The highest BCUT2D eigenvalue weighted by Crippen LogP contribution is 2.11. The van der Waals surface area contributed by atoms with Gasteiger partial charge in [0.15, 0.2) is 5.11 Å². The molecule has 2 rings (SSSR count). The molecule has 6 nitrogen and oxygen atoms in total. The van der Waals surface area contributed by atoms with Crippen molar-refractivity contribution < 1.29 is 14.3 Å². The predicted octanol–water partition coefficient (Wildman–Crippen LogP) is 0.912. The Balaban J connectivity index is 1.64. The maximum absolute atomic E-state index is 11.8. The molecule has 1 heterocycles. The van der Waals surface area contributed by atoms with Crippen LogP contribution < -0.4 is 20.9 Å². The smallest absolute Gasteiger partial charge is 0.242 e. The third kappa shape index (κ3) is 5.50. The van der Waals surface area contributed by atoms with Crippen LogP contribution in [0.25, 0.3) is 0 Å². The van der Waals surface area contributed by atoms with Crippen LogP contribution in [0.4, 0.5) is 0 Å². The Bertz CT molecular complexity index is 501. The summed E-state index contributed by atoms with van der Waals surface area (Å²) in [6, 6.07) is 7.35. The number of carbonyl (C=O) groups is 1. The van der Waals surface area contributed by atoms with Gasteiger partial charge in [-0.2, -0.15) is 0 Å². The fraction of sp³-hybridized carbons (Fsp3) is 0.467. The highest BCUT2D eigenvalue weighted by atomic mass is 32.1. The molecular formula is C15H21N3O3S. The molecule has 1 saturated heterocycles. The van der Waals surface area contributed by atoms with Gasteiger partial charge in [-0.05, 0) is 42.8 Å². The number of ether oxygens (including phenoxy) is 2. The molecule has 0 bridgehead atoms. The molecule has 0 spiro atoms. The standard InChI is InChI=1S/C15H21N3O3S/c1-20-12-6-4-11(5-7-12)9-14(19)17-18-15(22)16-10-13-3-2-8-21-13/h4-7,13H,2-3,8-10H2,1H3,(H,17,19)(H2,16,18,22)/t13-/m1/s1. The van der Waals surface area contributed by atoms with Gasteiger partial charge in [0.25, 0.3) is 0 Å². The van der Waals surface area contributed by atoms with Gasteiger partial charge >= 0.3 is 0 Å². The lowest BCUT2D eigenvalue weighted by Gasteiger charge is -2.14. The maximum atomic E-state index is 11.8. The molecule has 1 fully saturated rings. The van der Waals surface area contributed by atoms with E-state index >= 15 is 0 Å². The lowest BCUT2D eigenvalue weighted by Crippen LogP contribution is -2.48. The Labute approximate surface area is 135 Å². The molecule has 0 aromatic heterocycles. The number of benzene rings is 1. The van der Waals surface area contributed by atoms with Crippen LogP contribution in [-0.4, -0.2) is 37.4 Å². The zero-order valence-corrected chi connectivity index (χ0v) is 13.4. The Morgan fingerprint density at radius 1 is 1.36 bits per heavy atom. The molecule has 1 amide bonds. The van der Waals surface area contributed by atoms with E-state index in [4.69, 9.17) is 21.7 Å². The number of hydrogen-bond donors (Lipinski definition) is 3. The summed E-state index contributed by atoms with van der Waals surface area (Å²) in [5, 5.41) is 3.41. The Hall–Kier alpha value is -1.86. The van der Waals surface area contributed by atoms with Crippen molar-refractivity contribution in [3.05, 3.63) is 29.8 Å². The Kier molecular flexibility index (Phi) is 6.42. The second-order valence-corrected chi connectivity index (χ2v) is 5.45. The van der Waals surface area contributed by atoms with Gasteiger partial charge in [0, 0.05) is 13.2 Å². The Morgan fingerprint density at radius 3 is 2.77 bits per heavy atom. The van der Waals surface area contributed by atoms with Gasteiger partial charge in [0.2, 0.25) is 5.91 Å². The van der Waals surface area contributed by atoms with Gasteiger partial charge in [-0.15, -0.1) is 0 Å². The quantitative estimate of drug-likeness (QED) is 0.553. The minimum Gasteiger partial charge on any atom is -0.497 e. The summed E-state index contributed by atoms with van der Waals surface area (Å²) in [6.07, 6.45) is 2.60. The molecule has 1 aliphatic heterocycles. The monoisotopic (exact) mass is 323 g/mol. The minimum absolute atomic E-state index is 0.161. The Morgan fingerprint density at radius 2 is 2.14 bits per heavy atom. The molecule has 0 aliphatic carbocycles. The van der Waals surface area contributed by atoms with E-state index in [1.165, 1.54) is 0 Å². The fourth-order valence-corrected chi connectivity index (χ4v) is 2.29. The average Bonchev–Trinajstić information content (AvgIpc) is 3.05. The predicted molar refractivity (Wildman–Crippen MR) is 87.6 cm³/mol. The van der Waals surface area contributed by atoms with Crippen LogP contribution in [0.5, 0.6) is 5.75 Å². The number of methoxy groups -OCH3 is 1. The molecule has 0 unspecified atom stereocenters. The lowest BCUT2D eigenvalue weighted by atomic mass is 10.1. The minimum atomic E-state index is -0.161. The van der Waals surface area contributed by atoms with E-state index in [1.54, 1.807) is 7.11 Å². The fourth-order valence-electron chi connectivity index (χ4n) is 2.16. The summed E-state index contributed by atoms with van der Waals surface area (Å²) in [5.74, 6) is 0.605. The number of hydrogen-bond acceptors (Lipinski definition) is 4. The van der Waals surface area contributed by atoms with Crippen LogP contribution in [0.15, 0.2) is 24.3 Å². The molecule has 1 aromatic carbocycles. The number of rotatable bonds is 5. The molecule has 3 N–H and O–H groups in total. The SMILES string of the molecule is COc1ccc(CC(=O)NNC(=S)NC[C@H]2CCCO2)cc1. The molecule has 0 saturated carbocycles. The van der Waals surface area contributed by atoms with Gasteiger partial charge in [0.05, 0.1) is 19.6 Å². The first kappa shape index (κ1) is 16.5. The largest absolute Gasteiger partial charge is 0.497 e. The number of hydrazine groups is 1. The van der Waals surface area contributed by atoms with E-state index in [9.17, 15) is 4.79 Å². The maximum Gasteiger partial charge on any atom is 0.242 e. The first-order valence-corrected chi connectivity index (χ1v) is 7.65. The normalized spacial score (nSPS) is 16.9. The van der Waals surface area contributed by atoms with E-state index in [0.717, 1.165) is 30.8 Å². The van der Waals surface area contributed by atoms with E-state index in [0.29, 0.717) is 11.7 Å². The van der Waals surface area contributed by atoms with Crippen LogP contribution in [0, 0.1) is 0 Å². The zero-order chi connectivity index (χ0) is 15.8. The summed E-state index contributed by atoms with van der Waals surface area (Å²) < 4.78 is 10.6. The van der Waals surface area contributed by atoms with Crippen molar-refractivity contribution in [3.63, 3.8) is 0 Å². The number of amides is 1. The third-order valence-corrected chi connectivity index (χ3v) is 3.60. The van der Waals surface area contributed by atoms with Crippen LogP contribution in [0.1, 0.15) is 18.4 Å². The average molecular weight is 323 g/mol. The van der Waals surface area contributed by atoms with Crippen LogP contribution in [-0.2, 0) is 16.0 Å². The first-order valence-electron chi connectivity index (χ1n) is 7.24. The highest BCUT2D eigenvalue weighted by Gasteiger charge is 2.15. The number of carbonyl (C=O) groups excluding carboxylic acids is 1. The molecule has 120 valence electrons. The first-order chi connectivity index (χ1) is 10.7. The molecule has 7 heteroatoms. The molecule has 22 heavy (non-hydrogen) atoms. The van der Waals surface area contributed by atoms with Gasteiger partial charge in [0.1, 0.15) is 5.75 Å². The van der Waals surface area contributed by atoms with Crippen LogP contribution >= 0.6 is 12.2 Å². The second kappa shape index (κ2) is 8.55. The lowest BCUT2D eigenvalue weighted by molar-refractivity contribution is -0.121. The van der Waals surface area contributed by atoms with Gasteiger partial charge in [-0.3, -0.25) is 15.6 Å². The number of thiocarbonyl (C=S) groups is 1. The van der Waals surface area contributed by atoms with E-state index in [2.05, 4.69) is 16.2 Å². The summed E-state index contributed by atoms with van der Waals surface area (Å²) in [6.45, 7) is 1.46. The summed E-state index contributed by atoms with van der Waals surface area (Å²) in [5.41, 5.74) is 6.16. The van der Waals surface area contributed by atoms with Crippen molar-refractivity contribution in [2.24, 2.45) is 0 Å². The van der Waals surface area contributed by atoms with Gasteiger partial charge in [-0.25, -0.2) is 0 Å². The topological polar surface area (TPSA) is 71.6 Å². The van der Waals surface area contributed by atoms with Crippen LogP contribution in [0.2, 0.25) is 0 Å². The van der Waals surface area contributed by atoms with Crippen molar-refractivity contribution in [3.8, 4) is 5.75 Å². The zero-order valence-electron chi connectivity index (χ0n) is 12.6. The van der Waals surface area contributed by atoms with Gasteiger partial charge in [-0.1, -0.05) is 12.1 Å². The van der Waals surface area contributed by atoms with E-state index < -0.39 is 0 Å². The molecular weight excluding hydrogens is 302 g/mol. The second-order valence-electron chi connectivity index (χ2n) is 5.04. The molecule has 1 aliphatic rings. The summed E-state index contributed by atoms with van der Waals surface area (Å²) >= 11 is 5.10. The van der Waals surface area contributed by atoms with Crippen molar-refractivity contribution in [2.45, 2.75) is 25.4 Å². The van der Waals surface area contributed by atoms with E-state index in [1.807, 2.05) is 24.3 Å². The highest BCUT2D eigenvalue weighted by molar-refractivity contribution is 7.80. The van der Waals surface area contributed by atoms with Crippen molar-refractivity contribution in [2.75, 3.05) is 20.3 Å². The molecule has 1 atom stereocenters. The number of nitrogens with one attached hydrogen (secondary N) is 3. The molecule has 0 radical (unpaired) electrons. The van der Waals surface area contributed by atoms with Crippen molar-refractivity contribution in [1.29, 1.82) is 0 Å². The summed E-state index contributed by atoms with van der Waals surface area (Å²) in [4.78, 5) is 11.8. The van der Waals surface area contributed by atoms with Crippen molar-refractivity contribution in [1.82, 2.24) is 16.2 Å².